The number of hydrogen-bond donors (Lipinski definition) is 2. The molecule has 2 aliphatic rings. The summed E-state index contributed by atoms with van der Waals surface area (Å²) in [5.74, 6) is -0.193. The molecule has 2 heterocycles. The van der Waals surface area contributed by atoms with Crippen molar-refractivity contribution in [3.05, 3.63) is 29.3 Å². The maximum Gasteiger partial charge on any atom is 0.255 e. The lowest BCUT2D eigenvalue weighted by Gasteiger charge is -2.29. The minimum atomic E-state index is -0.609. The quantitative estimate of drug-likeness (QED) is 0.507. The van der Waals surface area contributed by atoms with Gasteiger partial charge in [-0.3, -0.25) is 19.7 Å². The van der Waals surface area contributed by atoms with Gasteiger partial charge < -0.3 is 14.7 Å². The van der Waals surface area contributed by atoms with Crippen molar-refractivity contribution in [3.63, 3.8) is 0 Å². The first-order chi connectivity index (χ1) is 13.1. The van der Waals surface area contributed by atoms with Gasteiger partial charge in [0.05, 0.1) is 13.2 Å². The number of nitrogens with one attached hydrogen (secondary N) is 1. The first-order valence-electron chi connectivity index (χ1n) is 9.62. The fraction of sp³-hybridized carbons (Fsp3) is 0.550. The fourth-order valence-corrected chi connectivity index (χ4v) is 3.62. The van der Waals surface area contributed by atoms with Crippen LogP contribution in [0.5, 0.6) is 5.75 Å². The molecule has 0 bridgehead atoms. The molecule has 1 unspecified atom stereocenters. The van der Waals surface area contributed by atoms with Gasteiger partial charge in [-0.25, -0.2) is 0 Å². The van der Waals surface area contributed by atoms with E-state index in [0.717, 1.165) is 37.7 Å². The number of amides is 3. The summed E-state index contributed by atoms with van der Waals surface area (Å²) in [6.07, 6.45) is 5.48. The van der Waals surface area contributed by atoms with Crippen LogP contribution in [0.4, 0.5) is 0 Å². The number of ether oxygens (including phenoxy) is 1. The van der Waals surface area contributed by atoms with Crippen LogP contribution in [0.2, 0.25) is 0 Å². The van der Waals surface area contributed by atoms with Crippen LogP contribution in [0.15, 0.2) is 18.2 Å². The van der Waals surface area contributed by atoms with Gasteiger partial charge in [0.2, 0.25) is 11.8 Å². The van der Waals surface area contributed by atoms with Crippen molar-refractivity contribution >= 4 is 17.7 Å². The normalized spacial score (nSPS) is 19.2. The number of aliphatic hydroxyl groups excluding tert-OH is 1. The van der Waals surface area contributed by atoms with Crippen molar-refractivity contribution in [1.82, 2.24) is 10.2 Å². The van der Waals surface area contributed by atoms with E-state index in [4.69, 9.17) is 9.84 Å². The number of nitrogens with zero attached hydrogens (tertiary/aromatic N) is 1. The number of benzene rings is 1. The fourth-order valence-electron chi connectivity index (χ4n) is 3.62. The number of rotatable bonds is 9. The van der Waals surface area contributed by atoms with E-state index < -0.39 is 11.9 Å². The number of fused-ring (bicyclic) bond motifs is 1. The molecule has 2 aliphatic heterocycles. The molecule has 0 radical (unpaired) electrons. The third-order valence-electron chi connectivity index (χ3n) is 5.10. The zero-order valence-corrected chi connectivity index (χ0v) is 15.4. The second-order valence-electron chi connectivity index (χ2n) is 7.02. The Kier molecular flexibility index (Phi) is 6.45. The monoisotopic (exact) mass is 374 g/mol. The second-order valence-corrected chi connectivity index (χ2v) is 7.02. The highest BCUT2D eigenvalue weighted by molar-refractivity contribution is 6.05. The predicted molar refractivity (Wildman–Crippen MR) is 98.2 cm³/mol. The van der Waals surface area contributed by atoms with E-state index in [2.05, 4.69) is 5.32 Å². The Hall–Kier alpha value is -2.41. The Balaban J connectivity index is 1.59. The van der Waals surface area contributed by atoms with Gasteiger partial charge in [0.15, 0.2) is 0 Å². The van der Waals surface area contributed by atoms with Gasteiger partial charge in [0, 0.05) is 24.2 Å². The Morgan fingerprint density at radius 1 is 1.11 bits per heavy atom. The number of piperidine rings is 1. The van der Waals surface area contributed by atoms with Gasteiger partial charge in [0.25, 0.3) is 5.91 Å². The highest BCUT2D eigenvalue weighted by Gasteiger charge is 2.40. The first kappa shape index (κ1) is 19.4. The van der Waals surface area contributed by atoms with Gasteiger partial charge >= 0.3 is 0 Å². The van der Waals surface area contributed by atoms with Crippen LogP contribution in [0, 0.1) is 0 Å². The second kappa shape index (κ2) is 8.99. The smallest absolute Gasteiger partial charge is 0.255 e. The largest absolute Gasteiger partial charge is 0.493 e. The molecule has 3 amide bonds. The summed E-state index contributed by atoms with van der Waals surface area (Å²) >= 11 is 0. The first-order valence-corrected chi connectivity index (χ1v) is 9.62. The van der Waals surface area contributed by atoms with Crippen LogP contribution in [0.3, 0.4) is 0 Å². The zero-order chi connectivity index (χ0) is 19.2. The number of unbranched alkanes of at least 4 members (excludes halogenated alkanes) is 4. The highest BCUT2D eigenvalue weighted by Crippen LogP contribution is 2.33. The molecule has 1 saturated heterocycles. The van der Waals surface area contributed by atoms with E-state index in [1.807, 2.05) is 6.07 Å². The van der Waals surface area contributed by atoms with Gasteiger partial charge in [-0.15, -0.1) is 0 Å². The Bertz CT molecular complexity index is 718. The molecule has 0 aromatic heterocycles. The average molecular weight is 374 g/mol. The lowest BCUT2D eigenvalue weighted by atomic mass is 10.0. The molecule has 146 valence electrons. The molecule has 1 fully saturated rings. The van der Waals surface area contributed by atoms with Crippen molar-refractivity contribution < 1.29 is 24.2 Å². The van der Waals surface area contributed by atoms with Crippen LogP contribution >= 0.6 is 0 Å². The summed E-state index contributed by atoms with van der Waals surface area (Å²) in [6, 6.07) is 4.79. The van der Waals surface area contributed by atoms with Crippen molar-refractivity contribution in [1.29, 1.82) is 0 Å². The van der Waals surface area contributed by atoms with Crippen LogP contribution in [0.1, 0.15) is 60.9 Å². The molecule has 1 atom stereocenters. The van der Waals surface area contributed by atoms with Crippen molar-refractivity contribution in [2.24, 2.45) is 0 Å². The van der Waals surface area contributed by atoms with Gasteiger partial charge in [-0.2, -0.15) is 0 Å². The minimum Gasteiger partial charge on any atom is -0.493 e. The molecule has 7 heteroatoms. The summed E-state index contributed by atoms with van der Waals surface area (Å²) in [5.41, 5.74) is 1.38. The van der Waals surface area contributed by atoms with E-state index in [-0.39, 0.29) is 24.8 Å². The standard InChI is InChI=1S/C20H26N2O5/c23-11-4-2-1-3-5-12-27-17-8-6-7-14-15(17)13-22(20(14)26)16-9-10-18(24)21-19(16)25/h6-8,16,23H,1-5,9-13H2,(H,21,24,25). The number of carbonyl (C=O) groups is 3. The van der Waals surface area contributed by atoms with Gasteiger partial charge in [-0.05, 0) is 31.4 Å². The van der Waals surface area contributed by atoms with Crippen LogP contribution in [0.25, 0.3) is 0 Å². The third kappa shape index (κ3) is 4.47. The van der Waals surface area contributed by atoms with Gasteiger partial charge in [0.1, 0.15) is 11.8 Å². The number of aliphatic hydroxyl groups is 1. The molecule has 0 aliphatic carbocycles. The van der Waals surface area contributed by atoms with Crippen molar-refractivity contribution in [2.45, 2.75) is 57.5 Å². The van der Waals surface area contributed by atoms with E-state index in [1.54, 1.807) is 12.1 Å². The molecular weight excluding hydrogens is 348 g/mol. The van der Waals surface area contributed by atoms with E-state index >= 15 is 0 Å². The van der Waals surface area contributed by atoms with Crippen molar-refractivity contribution in [2.75, 3.05) is 13.2 Å². The molecule has 2 N–H and O–H groups in total. The lowest BCUT2D eigenvalue weighted by Crippen LogP contribution is -2.52. The SMILES string of the molecule is O=C1CCC(N2Cc3c(OCCCCCCCO)cccc3C2=O)C(=O)N1. The van der Waals surface area contributed by atoms with E-state index in [0.29, 0.717) is 30.9 Å². The maximum atomic E-state index is 12.7. The number of hydrogen-bond acceptors (Lipinski definition) is 5. The predicted octanol–water partition coefficient (Wildman–Crippen LogP) is 1.77. The lowest BCUT2D eigenvalue weighted by molar-refractivity contribution is -0.136. The third-order valence-corrected chi connectivity index (χ3v) is 5.10. The highest BCUT2D eigenvalue weighted by atomic mass is 16.5. The van der Waals surface area contributed by atoms with Crippen LogP contribution < -0.4 is 10.1 Å². The molecule has 1 aromatic rings. The summed E-state index contributed by atoms with van der Waals surface area (Å²) in [7, 11) is 0. The maximum absolute atomic E-state index is 12.7. The Labute approximate surface area is 158 Å². The Morgan fingerprint density at radius 3 is 2.67 bits per heavy atom. The zero-order valence-electron chi connectivity index (χ0n) is 15.4. The summed E-state index contributed by atoms with van der Waals surface area (Å²) in [5, 5.41) is 11.1. The summed E-state index contributed by atoms with van der Waals surface area (Å²) in [6.45, 7) is 1.14. The van der Waals surface area contributed by atoms with Gasteiger partial charge in [-0.1, -0.05) is 25.3 Å². The van der Waals surface area contributed by atoms with E-state index in [9.17, 15) is 14.4 Å². The molecular formula is C20H26N2O5. The molecule has 3 rings (SSSR count). The average Bonchev–Trinajstić information content (AvgIpc) is 2.98. The topological polar surface area (TPSA) is 95.9 Å². The molecule has 27 heavy (non-hydrogen) atoms. The molecule has 0 spiro atoms. The van der Waals surface area contributed by atoms with Crippen LogP contribution in [-0.4, -0.2) is 47.0 Å². The number of imide groups is 1. The van der Waals surface area contributed by atoms with E-state index in [1.165, 1.54) is 4.90 Å². The minimum absolute atomic E-state index is 0.186. The summed E-state index contributed by atoms with van der Waals surface area (Å²) < 4.78 is 5.90. The van der Waals surface area contributed by atoms with Crippen molar-refractivity contribution in [3.8, 4) is 5.75 Å². The molecule has 1 aromatic carbocycles. The number of carbonyl (C=O) groups excluding carboxylic acids is 3. The molecule has 0 saturated carbocycles. The Morgan fingerprint density at radius 2 is 1.89 bits per heavy atom. The molecule has 7 nitrogen and oxygen atoms in total. The summed E-state index contributed by atoms with van der Waals surface area (Å²) in [4.78, 5) is 37.7. The van der Waals surface area contributed by atoms with Crippen LogP contribution in [-0.2, 0) is 16.1 Å².